The van der Waals surface area contributed by atoms with Crippen LogP contribution in [-0.2, 0) is 20.8 Å². The highest BCUT2D eigenvalue weighted by Gasteiger charge is 2.42. The number of ether oxygens (including phenoxy) is 3. The number of alkyl halides is 3. The fourth-order valence-corrected chi connectivity index (χ4v) is 4.14. The van der Waals surface area contributed by atoms with Gasteiger partial charge in [0.1, 0.15) is 0 Å². The number of nitrogens with zero attached hydrogens (tertiary/aromatic N) is 1. The molecule has 1 saturated heterocycles. The number of benzene rings is 1. The normalized spacial score (nSPS) is 17.4. The predicted octanol–water partition coefficient (Wildman–Crippen LogP) is 6.24. The molecule has 0 aliphatic carbocycles. The summed E-state index contributed by atoms with van der Waals surface area (Å²) in [6, 6.07) is 10.0. The van der Waals surface area contributed by atoms with Crippen LogP contribution < -0.4 is 0 Å². The third-order valence-corrected chi connectivity index (χ3v) is 6.21. The Morgan fingerprint density at radius 3 is 2.12 bits per heavy atom. The number of hydrogen-bond acceptors (Lipinski definition) is 4. The average molecular weight is 474 g/mol. The molecule has 1 aliphatic heterocycles. The van der Waals surface area contributed by atoms with Crippen LogP contribution in [0, 0.1) is 5.92 Å². The van der Waals surface area contributed by atoms with E-state index in [0.29, 0.717) is 19.8 Å². The zero-order chi connectivity index (χ0) is 24.2. The van der Waals surface area contributed by atoms with Gasteiger partial charge >= 0.3 is 6.18 Å². The second-order valence-electron chi connectivity index (χ2n) is 9.95. The molecule has 1 unspecified atom stereocenters. The van der Waals surface area contributed by atoms with Crippen molar-refractivity contribution in [3.63, 3.8) is 0 Å². The molecular weight excluding hydrogens is 431 g/mol. The molecule has 0 spiro atoms. The summed E-state index contributed by atoms with van der Waals surface area (Å²) in [7, 11) is 0. The third kappa shape index (κ3) is 11.7. The SMILES string of the molecule is CC(C)(C)N1CCC(CC(OCCOCCCCCOCc2ccccc2)C(F)(F)F)CC1. The summed E-state index contributed by atoms with van der Waals surface area (Å²) < 4.78 is 56.6. The van der Waals surface area contributed by atoms with E-state index in [2.05, 4.69) is 25.7 Å². The van der Waals surface area contributed by atoms with Gasteiger partial charge < -0.3 is 14.2 Å². The lowest BCUT2D eigenvalue weighted by molar-refractivity contribution is -0.228. The summed E-state index contributed by atoms with van der Waals surface area (Å²) in [5.41, 5.74) is 1.23. The monoisotopic (exact) mass is 473 g/mol. The highest BCUT2D eigenvalue weighted by Crippen LogP contribution is 2.33. The van der Waals surface area contributed by atoms with Gasteiger partial charge in [0.2, 0.25) is 0 Å². The fourth-order valence-electron chi connectivity index (χ4n) is 4.14. The Kier molecular flexibility index (Phi) is 12.2. The molecular formula is C26H42F3NO3. The van der Waals surface area contributed by atoms with Crippen molar-refractivity contribution >= 4 is 0 Å². The number of unbranched alkanes of at least 4 members (excludes halogenated alkanes) is 2. The van der Waals surface area contributed by atoms with E-state index in [-0.39, 0.29) is 31.1 Å². The number of rotatable bonds is 14. The smallest absolute Gasteiger partial charge is 0.379 e. The van der Waals surface area contributed by atoms with E-state index in [1.165, 1.54) is 0 Å². The maximum atomic E-state index is 13.4. The van der Waals surface area contributed by atoms with Gasteiger partial charge in [-0.3, -0.25) is 4.90 Å². The second-order valence-corrected chi connectivity index (χ2v) is 9.95. The number of piperidine rings is 1. The summed E-state index contributed by atoms with van der Waals surface area (Å²) >= 11 is 0. The van der Waals surface area contributed by atoms with Crippen LogP contribution in [0.5, 0.6) is 0 Å². The van der Waals surface area contributed by atoms with Gasteiger partial charge in [0.05, 0.1) is 19.8 Å². The van der Waals surface area contributed by atoms with Crippen LogP contribution in [-0.4, -0.2) is 62.2 Å². The lowest BCUT2D eigenvalue weighted by Gasteiger charge is -2.41. The van der Waals surface area contributed by atoms with E-state index < -0.39 is 12.3 Å². The quantitative estimate of drug-likeness (QED) is 0.299. The molecule has 2 rings (SSSR count). The number of hydrogen-bond donors (Lipinski definition) is 0. The van der Waals surface area contributed by atoms with Crippen LogP contribution in [0.4, 0.5) is 13.2 Å². The Labute approximate surface area is 197 Å². The molecule has 1 aliphatic rings. The van der Waals surface area contributed by atoms with Crippen LogP contribution in [0.3, 0.4) is 0 Å². The largest absolute Gasteiger partial charge is 0.414 e. The average Bonchev–Trinajstić information content (AvgIpc) is 2.76. The summed E-state index contributed by atoms with van der Waals surface area (Å²) in [5, 5.41) is 0. The van der Waals surface area contributed by atoms with Crippen LogP contribution in [0.1, 0.15) is 64.9 Å². The molecule has 0 radical (unpaired) electrons. The van der Waals surface area contributed by atoms with Crippen LogP contribution in [0.2, 0.25) is 0 Å². The van der Waals surface area contributed by atoms with E-state index in [1.54, 1.807) is 0 Å². The minimum absolute atomic E-state index is 0.0226. The van der Waals surface area contributed by atoms with Crippen molar-refractivity contribution in [3.8, 4) is 0 Å². The first-order valence-electron chi connectivity index (χ1n) is 12.3. The maximum absolute atomic E-state index is 13.4. The summed E-state index contributed by atoms with van der Waals surface area (Å²) in [4.78, 5) is 2.34. The van der Waals surface area contributed by atoms with E-state index in [9.17, 15) is 13.2 Å². The van der Waals surface area contributed by atoms with Gasteiger partial charge in [-0.25, -0.2) is 0 Å². The Morgan fingerprint density at radius 2 is 1.52 bits per heavy atom. The standard InChI is InChI=1S/C26H42F3NO3/c1-25(2,3)30-14-12-22(13-15-30)20-24(26(27,28)29)33-19-18-31-16-8-5-9-17-32-21-23-10-6-4-7-11-23/h4,6-7,10-11,22,24H,5,8-9,12-21H2,1-3H3. The Hall–Kier alpha value is -1.15. The van der Waals surface area contributed by atoms with Crippen molar-refractivity contribution in [2.24, 2.45) is 5.92 Å². The molecule has 0 bridgehead atoms. The molecule has 7 heteroatoms. The molecule has 0 aromatic heterocycles. The highest BCUT2D eigenvalue weighted by atomic mass is 19.4. The molecule has 4 nitrogen and oxygen atoms in total. The first-order chi connectivity index (χ1) is 15.7. The maximum Gasteiger partial charge on any atom is 0.414 e. The first-order valence-corrected chi connectivity index (χ1v) is 12.3. The molecule has 190 valence electrons. The van der Waals surface area contributed by atoms with Crippen molar-refractivity contribution in [3.05, 3.63) is 35.9 Å². The number of likely N-dealkylation sites (tertiary alicyclic amines) is 1. The summed E-state index contributed by atoms with van der Waals surface area (Å²) in [5.74, 6) is 0.0558. The molecule has 1 fully saturated rings. The van der Waals surface area contributed by atoms with Gasteiger partial charge in [0.15, 0.2) is 6.10 Å². The van der Waals surface area contributed by atoms with E-state index in [4.69, 9.17) is 14.2 Å². The van der Waals surface area contributed by atoms with Crippen LogP contribution in [0.25, 0.3) is 0 Å². The first kappa shape index (κ1) is 28.1. The lowest BCUT2D eigenvalue weighted by Crippen LogP contribution is -2.47. The zero-order valence-corrected chi connectivity index (χ0v) is 20.5. The van der Waals surface area contributed by atoms with E-state index in [0.717, 1.165) is 50.8 Å². The van der Waals surface area contributed by atoms with Gasteiger partial charge in [-0.2, -0.15) is 13.2 Å². The minimum Gasteiger partial charge on any atom is -0.379 e. The molecule has 33 heavy (non-hydrogen) atoms. The van der Waals surface area contributed by atoms with Crippen molar-refractivity contribution in [1.29, 1.82) is 0 Å². The van der Waals surface area contributed by atoms with Crippen molar-refractivity contribution < 1.29 is 27.4 Å². The van der Waals surface area contributed by atoms with Gasteiger partial charge in [0.25, 0.3) is 0 Å². The molecule has 1 atom stereocenters. The molecule has 1 aromatic carbocycles. The van der Waals surface area contributed by atoms with Gasteiger partial charge in [-0.15, -0.1) is 0 Å². The molecule has 0 saturated carbocycles. The van der Waals surface area contributed by atoms with E-state index in [1.807, 2.05) is 30.3 Å². The fraction of sp³-hybridized carbons (Fsp3) is 0.769. The zero-order valence-electron chi connectivity index (χ0n) is 20.5. The van der Waals surface area contributed by atoms with Crippen molar-refractivity contribution in [2.75, 3.05) is 39.5 Å². The van der Waals surface area contributed by atoms with E-state index >= 15 is 0 Å². The predicted molar refractivity (Wildman–Crippen MR) is 125 cm³/mol. The van der Waals surface area contributed by atoms with Crippen molar-refractivity contribution in [1.82, 2.24) is 4.90 Å². The molecule has 0 N–H and O–H groups in total. The summed E-state index contributed by atoms with van der Waals surface area (Å²) in [6.45, 7) is 10.1. The Balaban J connectivity index is 1.50. The van der Waals surface area contributed by atoms with Gasteiger partial charge in [0, 0.05) is 18.8 Å². The highest BCUT2D eigenvalue weighted by molar-refractivity contribution is 5.13. The Bertz CT molecular complexity index is 626. The summed E-state index contributed by atoms with van der Waals surface area (Å²) in [6.07, 6.45) is -1.63. The van der Waals surface area contributed by atoms with Crippen LogP contribution in [0.15, 0.2) is 30.3 Å². The minimum atomic E-state index is -4.33. The third-order valence-electron chi connectivity index (χ3n) is 6.21. The second kappa shape index (κ2) is 14.3. The van der Waals surface area contributed by atoms with Gasteiger partial charge in [-0.05, 0) is 83.9 Å². The van der Waals surface area contributed by atoms with Crippen LogP contribution >= 0.6 is 0 Å². The van der Waals surface area contributed by atoms with Crippen molar-refractivity contribution in [2.45, 2.75) is 83.7 Å². The molecule has 1 aromatic rings. The lowest BCUT2D eigenvalue weighted by atomic mass is 9.88. The topological polar surface area (TPSA) is 30.9 Å². The molecule has 0 amide bonds. The van der Waals surface area contributed by atoms with Gasteiger partial charge in [-0.1, -0.05) is 30.3 Å². The Morgan fingerprint density at radius 1 is 0.879 bits per heavy atom. The number of halogens is 3. The molecule has 1 heterocycles.